The molecule has 0 saturated heterocycles. The minimum absolute atomic E-state index is 0.299. The fourth-order valence-corrected chi connectivity index (χ4v) is 1.43. The van der Waals surface area contributed by atoms with Crippen LogP contribution in [0, 0.1) is 5.82 Å². The smallest absolute Gasteiger partial charge is 0.211 e. The lowest BCUT2D eigenvalue weighted by molar-refractivity contribution is 0.563. The van der Waals surface area contributed by atoms with Crippen LogP contribution in [0.1, 0.15) is 5.56 Å². The highest BCUT2D eigenvalue weighted by atomic mass is 79.9. The summed E-state index contributed by atoms with van der Waals surface area (Å²) in [6, 6.07) is 4.78. The third kappa shape index (κ3) is 2.76. The fraction of sp³-hybridized carbons (Fsp3) is 0.222. The van der Waals surface area contributed by atoms with Crippen LogP contribution in [-0.2, 0) is 11.2 Å². The maximum Gasteiger partial charge on any atom is 0.234 e. The first-order valence-corrected chi connectivity index (χ1v) is 4.51. The third-order valence-electron chi connectivity index (χ3n) is 1.59. The Balaban J connectivity index is 2.76. The Bertz CT molecular complexity index is 347. The molecule has 0 aliphatic carbocycles. The largest absolute Gasteiger partial charge is 0.234 e. The fourth-order valence-electron chi connectivity index (χ4n) is 0.964. The van der Waals surface area contributed by atoms with Crippen LogP contribution in [0.4, 0.5) is 4.39 Å². The summed E-state index contributed by atoms with van der Waals surface area (Å²) in [4.78, 5) is 13.2. The van der Waals surface area contributed by atoms with Gasteiger partial charge in [0.15, 0.2) is 0 Å². The van der Waals surface area contributed by atoms with Crippen LogP contribution in [-0.4, -0.2) is 12.6 Å². The van der Waals surface area contributed by atoms with Crippen molar-refractivity contribution in [3.63, 3.8) is 0 Å². The Labute approximate surface area is 83.6 Å². The Morgan fingerprint density at radius 1 is 1.54 bits per heavy atom. The van der Waals surface area contributed by atoms with Crippen molar-refractivity contribution in [1.29, 1.82) is 0 Å². The molecule has 4 heteroatoms. The first-order chi connectivity index (χ1) is 6.25. The summed E-state index contributed by atoms with van der Waals surface area (Å²) in [6.07, 6.45) is 1.97. The first kappa shape index (κ1) is 10.1. The SMILES string of the molecule is O=C=NCCc1cccc(F)c1Br. The molecule has 0 N–H and O–H groups in total. The number of benzene rings is 1. The topological polar surface area (TPSA) is 29.4 Å². The highest BCUT2D eigenvalue weighted by molar-refractivity contribution is 9.10. The lowest BCUT2D eigenvalue weighted by atomic mass is 10.1. The van der Waals surface area contributed by atoms with Gasteiger partial charge in [-0.15, -0.1) is 0 Å². The molecule has 0 amide bonds. The molecule has 0 aromatic heterocycles. The summed E-state index contributed by atoms with van der Waals surface area (Å²) >= 11 is 3.12. The van der Waals surface area contributed by atoms with E-state index >= 15 is 0 Å². The van der Waals surface area contributed by atoms with Crippen molar-refractivity contribution in [1.82, 2.24) is 0 Å². The van der Waals surface area contributed by atoms with Gasteiger partial charge in [-0.3, -0.25) is 0 Å². The van der Waals surface area contributed by atoms with E-state index in [1.165, 1.54) is 12.1 Å². The van der Waals surface area contributed by atoms with Gasteiger partial charge >= 0.3 is 0 Å². The molecule has 13 heavy (non-hydrogen) atoms. The standard InChI is InChI=1S/C9H7BrFNO/c10-9-7(4-5-12-6-13)2-1-3-8(9)11/h1-3H,4-5H2. The van der Waals surface area contributed by atoms with E-state index in [1.54, 1.807) is 12.1 Å². The van der Waals surface area contributed by atoms with Gasteiger partial charge in [-0.1, -0.05) is 12.1 Å². The number of rotatable bonds is 3. The van der Waals surface area contributed by atoms with E-state index in [0.717, 1.165) is 5.56 Å². The van der Waals surface area contributed by atoms with E-state index in [4.69, 9.17) is 0 Å². The van der Waals surface area contributed by atoms with E-state index in [0.29, 0.717) is 17.4 Å². The van der Waals surface area contributed by atoms with E-state index < -0.39 is 0 Å². The van der Waals surface area contributed by atoms with Crippen LogP contribution in [0.2, 0.25) is 0 Å². The molecule has 2 nitrogen and oxygen atoms in total. The predicted octanol–water partition coefficient (Wildman–Crippen LogP) is 2.47. The van der Waals surface area contributed by atoms with E-state index in [1.807, 2.05) is 0 Å². The Morgan fingerprint density at radius 3 is 3.00 bits per heavy atom. The molecule has 1 rings (SSSR count). The zero-order chi connectivity index (χ0) is 9.68. The van der Waals surface area contributed by atoms with Crippen molar-refractivity contribution >= 4 is 22.0 Å². The highest BCUT2D eigenvalue weighted by Gasteiger charge is 2.03. The molecule has 0 heterocycles. The van der Waals surface area contributed by atoms with Crippen LogP contribution < -0.4 is 0 Å². The summed E-state index contributed by atoms with van der Waals surface area (Å²) in [5, 5.41) is 0. The molecular weight excluding hydrogens is 237 g/mol. The van der Waals surface area contributed by atoms with E-state index in [2.05, 4.69) is 20.9 Å². The number of nitrogens with zero attached hydrogens (tertiary/aromatic N) is 1. The van der Waals surface area contributed by atoms with E-state index in [-0.39, 0.29) is 5.82 Å². The Kier molecular flexibility index (Phi) is 3.80. The molecule has 0 saturated carbocycles. The van der Waals surface area contributed by atoms with Crippen LogP contribution in [0.5, 0.6) is 0 Å². The highest BCUT2D eigenvalue weighted by Crippen LogP contribution is 2.20. The molecule has 0 spiro atoms. The lowest BCUT2D eigenvalue weighted by Crippen LogP contribution is -1.92. The second kappa shape index (κ2) is 4.90. The molecule has 0 radical (unpaired) electrons. The van der Waals surface area contributed by atoms with Crippen molar-refractivity contribution in [3.8, 4) is 0 Å². The molecule has 1 aromatic rings. The normalized spacial score (nSPS) is 9.38. The molecular formula is C9H7BrFNO. The van der Waals surface area contributed by atoms with Gasteiger partial charge in [-0.2, -0.15) is 0 Å². The quantitative estimate of drug-likeness (QED) is 0.593. The average molecular weight is 244 g/mol. The van der Waals surface area contributed by atoms with E-state index in [9.17, 15) is 9.18 Å². The van der Waals surface area contributed by atoms with Gasteiger partial charge in [0, 0.05) is 0 Å². The molecule has 1 aromatic carbocycles. The van der Waals surface area contributed by atoms with Gasteiger partial charge in [-0.05, 0) is 34.0 Å². The Hall–Kier alpha value is -0.990. The minimum Gasteiger partial charge on any atom is -0.211 e. The molecule has 0 aliphatic heterocycles. The number of halogens is 2. The molecule has 68 valence electrons. The number of hydrogen-bond donors (Lipinski definition) is 0. The maximum absolute atomic E-state index is 12.9. The van der Waals surface area contributed by atoms with Crippen molar-refractivity contribution in [2.45, 2.75) is 6.42 Å². The maximum atomic E-state index is 12.9. The van der Waals surface area contributed by atoms with Crippen molar-refractivity contribution in [2.24, 2.45) is 4.99 Å². The monoisotopic (exact) mass is 243 g/mol. The molecule has 0 unspecified atom stereocenters. The zero-order valence-electron chi connectivity index (χ0n) is 6.76. The summed E-state index contributed by atoms with van der Waals surface area (Å²) < 4.78 is 13.4. The van der Waals surface area contributed by atoms with Gasteiger partial charge < -0.3 is 0 Å². The second-order valence-electron chi connectivity index (χ2n) is 2.44. The third-order valence-corrected chi connectivity index (χ3v) is 2.48. The van der Waals surface area contributed by atoms with Crippen LogP contribution in [0.25, 0.3) is 0 Å². The van der Waals surface area contributed by atoms with Crippen LogP contribution >= 0.6 is 15.9 Å². The van der Waals surface area contributed by atoms with Gasteiger partial charge in [-0.25, -0.2) is 14.2 Å². The number of hydrogen-bond acceptors (Lipinski definition) is 2. The molecule has 0 bridgehead atoms. The van der Waals surface area contributed by atoms with Gasteiger partial charge in [0.1, 0.15) is 5.82 Å². The summed E-state index contributed by atoms with van der Waals surface area (Å²) in [5.74, 6) is -0.299. The first-order valence-electron chi connectivity index (χ1n) is 3.72. The van der Waals surface area contributed by atoms with Crippen LogP contribution in [0.15, 0.2) is 27.7 Å². The molecule has 0 aliphatic rings. The number of aliphatic imine (C=N–C) groups is 1. The second-order valence-corrected chi connectivity index (χ2v) is 3.23. The van der Waals surface area contributed by atoms with Gasteiger partial charge in [0.25, 0.3) is 0 Å². The summed E-state index contributed by atoms with van der Waals surface area (Å²) in [7, 11) is 0. The van der Waals surface area contributed by atoms with Gasteiger partial charge in [0.2, 0.25) is 6.08 Å². The summed E-state index contributed by atoms with van der Waals surface area (Å²) in [6.45, 7) is 0.339. The van der Waals surface area contributed by atoms with Crippen molar-refractivity contribution < 1.29 is 9.18 Å². The summed E-state index contributed by atoms with van der Waals surface area (Å²) in [5.41, 5.74) is 0.805. The van der Waals surface area contributed by atoms with Crippen molar-refractivity contribution in [3.05, 3.63) is 34.1 Å². The van der Waals surface area contributed by atoms with Gasteiger partial charge in [0.05, 0.1) is 11.0 Å². The zero-order valence-corrected chi connectivity index (χ0v) is 8.34. The predicted molar refractivity (Wildman–Crippen MR) is 50.8 cm³/mol. The number of isocyanates is 1. The lowest BCUT2D eigenvalue weighted by Gasteiger charge is -2.01. The van der Waals surface area contributed by atoms with Crippen LogP contribution in [0.3, 0.4) is 0 Å². The average Bonchev–Trinajstić information content (AvgIpc) is 2.13. The Morgan fingerprint density at radius 2 is 2.31 bits per heavy atom. The number of carbonyl (C=O) groups excluding carboxylic acids is 1. The molecule has 0 fully saturated rings. The molecule has 0 atom stereocenters. The van der Waals surface area contributed by atoms with Crippen molar-refractivity contribution in [2.75, 3.05) is 6.54 Å². The minimum atomic E-state index is -0.299.